The number of hydrogen-bond acceptors (Lipinski definition) is 5. The van der Waals surface area contributed by atoms with Gasteiger partial charge in [-0.1, -0.05) is 31.7 Å². The summed E-state index contributed by atoms with van der Waals surface area (Å²) in [6.45, 7) is 7.40. The highest BCUT2D eigenvalue weighted by Crippen LogP contribution is 2.33. The van der Waals surface area contributed by atoms with Crippen molar-refractivity contribution in [3.05, 3.63) is 23.8 Å². The number of likely N-dealkylation sites (N-methyl/N-ethyl adjacent to an activating group) is 1. The van der Waals surface area contributed by atoms with Crippen molar-refractivity contribution >= 4 is 5.91 Å². The van der Waals surface area contributed by atoms with Gasteiger partial charge in [0.05, 0.1) is 0 Å². The molecule has 1 aromatic rings. The lowest BCUT2D eigenvalue weighted by atomic mass is 9.98. The molecule has 2 aliphatic heterocycles. The summed E-state index contributed by atoms with van der Waals surface area (Å²) < 4.78 is 11.0. The van der Waals surface area contributed by atoms with Crippen LogP contribution in [0.4, 0.5) is 0 Å². The van der Waals surface area contributed by atoms with E-state index in [1.165, 1.54) is 25.7 Å². The van der Waals surface area contributed by atoms with E-state index in [1.807, 2.05) is 12.1 Å². The normalized spacial score (nSPS) is 20.8. The lowest BCUT2D eigenvalue weighted by Gasteiger charge is -2.33. The minimum atomic E-state index is 0.199. The van der Waals surface area contributed by atoms with Gasteiger partial charge in [-0.3, -0.25) is 4.79 Å². The SMILES string of the molecule is CN1CCN(CCCN(Cc2ccc3c(c2)OCO3)C(=O)C2CCCCCC2)CC1. The van der Waals surface area contributed by atoms with Gasteiger partial charge in [-0.2, -0.15) is 0 Å². The highest BCUT2D eigenvalue weighted by atomic mass is 16.7. The molecule has 0 radical (unpaired) electrons. The van der Waals surface area contributed by atoms with Gasteiger partial charge in [0.25, 0.3) is 0 Å². The zero-order valence-corrected chi connectivity index (χ0v) is 18.5. The second kappa shape index (κ2) is 10.5. The molecule has 0 aromatic heterocycles. The maximum atomic E-state index is 13.5. The van der Waals surface area contributed by atoms with Gasteiger partial charge in [-0.25, -0.2) is 0 Å². The topological polar surface area (TPSA) is 45.2 Å². The first-order valence-electron chi connectivity index (χ1n) is 11.8. The van der Waals surface area contributed by atoms with Crippen molar-refractivity contribution in [3.8, 4) is 11.5 Å². The highest BCUT2D eigenvalue weighted by Gasteiger charge is 2.26. The molecule has 30 heavy (non-hydrogen) atoms. The predicted molar refractivity (Wildman–Crippen MR) is 118 cm³/mol. The van der Waals surface area contributed by atoms with Gasteiger partial charge in [0.1, 0.15) is 0 Å². The molecule has 2 fully saturated rings. The Morgan fingerprint density at radius 3 is 2.53 bits per heavy atom. The van der Waals surface area contributed by atoms with Crippen LogP contribution in [0.15, 0.2) is 18.2 Å². The van der Waals surface area contributed by atoms with E-state index >= 15 is 0 Å². The van der Waals surface area contributed by atoms with Crippen molar-refractivity contribution in [2.75, 3.05) is 53.1 Å². The number of ether oxygens (including phenoxy) is 2. The molecule has 166 valence electrons. The average Bonchev–Trinajstić information content (AvgIpc) is 3.05. The number of fused-ring (bicyclic) bond motifs is 1. The molecule has 1 aliphatic carbocycles. The van der Waals surface area contributed by atoms with Gasteiger partial charge in [0.15, 0.2) is 11.5 Å². The van der Waals surface area contributed by atoms with E-state index in [2.05, 4.69) is 27.8 Å². The maximum Gasteiger partial charge on any atom is 0.231 e. The van der Waals surface area contributed by atoms with Crippen LogP contribution in [0, 0.1) is 5.92 Å². The second-order valence-corrected chi connectivity index (χ2v) is 9.13. The van der Waals surface area contributed by atoms with Crippen molar-refractivity contribution in [2.24, 2.45) is 5.92 Å². The van der Waals surface area contributed by atoms with Crippen LogP contribution in [0.3, 0.4) is 0 Å². The van der Waals surface area contributed by atoms with E-state index in [0.29, 0.717) is 12.5 Å². The van der Waals surface area contributed by atoms with Crippen LogP contribution >= 0.6 is 0 Å². The lowest BCUT2D eigenvalue weighted by Crippen LogP contribution is -2.45. The first-order valence-corrected chi connectivity index (χ1v) is 11.8. The van der Waals surface area contributed by atoms with Crippen molar-refractivity contribution in [3.63, 3.8) is 0 Å². The summed E-state index contributed by atoms with van der Waals surface area (Å²) in [6.07, 6.45) is 8.06. The van der Waals surface area contributed by atoms with Crippen LogP contribution in [0.2, 0.25) is 0 Å². The Kier molecular flexibility index (Phi) is 7.50. The molecule has 3 aliphatic rings. The summed E-state index contributed by atoms with van der Waals surface area (Å²) in [5.41, 5.74) is 1.13. The largest absolute Gasteiger partial charge is 0.454 e. The Hall–Kier alpha value is -1.79. The third kappa shape index (κ3) is 5.67. The van der Waals surface area contributed by atoms with Crippen LogP contribution < -0.4 is 9.47 Å². The van der Waals surface area contributed by atoms with Crippen LogP contribution in [-0.2, 0) is 11.3 Å². The number of carbonyl (C=O) groups excluding carboxylic acids is 1. The van der Waals surface area contributed by atoms with E-state index in [-0.39, 0.29) is 12.7 Å². The Balaban J connectivity index is 1.38. The third-order valence-corrected chi connectivity index (χ3v) is 6.82. The van der Waals surface area contributed by atoms with Gasteiger partial charge in [0.2, 0.25) is 12.7 Å². The number of nitrogens with zero attached hydrogens (tertiary/aromatic N) is 3. The monoisotopic (exact) mass is 415 g/mol. The first kappa shape index (κ1) is 21.4. The predicted octanol–water partition coefficient (Wildman–Crippen LogP) is 3.35. The molecule has 1 saturated heterocycles. The summed E-state index contributed by atoms with van der Waals surface area (Å²) in [7, 11) is 2.19. The average molecular weight is 416 g/mol. The number of benzene rings is 1. The number of rotatable bonds is 7. The van der Waals surface area contributed by atoms with Crippen LogP contribution in [0.25, 0.3) is 0 Å². The molecule has 0 spiro atoms. The van der Waals surface area contributed by atoms with Crippen LogP contribution in [0.5, 0.6) is 11.5 Å². The number of carbonyl (C=O) groups is 1. The second-order valence-electron chi connectivity index (χ2n) is 9.13. The summed E-state index contributed by atoms with van der Waals surface area (Å²) >= 11 is 0. The summed E-state index contributed by atoms with van der Waals surface area (Å²) in [5, 5.41) is 0. The molecule has 1 saturated carbocycles. The Morgan fingerprint density at radius 2 is 1.77 bits per heavy atom. The number of piperazine rings is 1. The lowest BCUT2D eigenvalue weighted by molar-refractivity contribution is -0.136. The Bertz CT molecular complexity index is 695. The zero-order valence-electron chi connectivity index (χ0n) is 18.5. The highest BCUT2D eigenvalue weighted by molar-refractivity contribution is 5.79. The summed E-state index contributed by atoms with van der Waals surface area (Å²) in [5.74, 6) is 2.15. The van der Waals surface area contributed by atoms with E-state index in [0.717, 1.165) is 75.6 Å². The van der Waals surface area contributed by atoms with Gasteiger partial charge >= 0.3 is 0 Å². The molecule has 6 heteroatoms. The zero-order chi connectivity index (χ0) is 20.8. The van der Waals surface area contributed by atoms with E-state index in [4.69, 9.17) is 9.47 Å². The summed E-state index contributed by atoms with van der Waals surface area (Å²) in [6, 6.07) is 6.08. The summed E-state index contributed by atoms with van der Waals surface area (Å²) in [4.78, 5) is 20.5. The third-order valence-electron chi connectivity index (χ3n) is 6.82. The minimum absolute atomic E-state index is 0.199. The molecule has 6 nitrogen and oxygen atoms in total. The van der Waals surface area contributed by atoms with Crippen molar-refractivity contribution in [2.45, 2.75) is 51.5 Å². The molecule has 0 N–H and O–H groups in total. The molecule has 0 atom stereocenters. The van der Waals surface area contributed by atoms with Gasteiger partial charge in [-0.05, 0) is 50.6 Å². The Morgan fingerprint density at radius 1 is 1.03 bits per heavy atom. The molecular formula is C24H37N3O3. The molecule has 1 aromatic carbocycles. The van der Waals surface area contributed by atoms with Gasteiger partial charge in [0, 0.05) is 45.2 Å². The molecule has 4 rings (SSSR count). The van der Waals surface area contributed by atoms with E-state index in [1.54, 1.807) is 0 Å². The molecule has 2 heterocycles. The molecule has 1 amide bonds. The first-order chi connectivity index (χ1) is 14.7. The van der Waals surface area contributed by atoms with E-state index in [9.17, 15) is 4.79 Å². The smallest absolute Gasteiger partial charge is 0.231 e. The minimum Gasteiger partial charge on any atom is -0.454 e. The number of amides is 1. The Labute approximate surface area is 181 Å². The van der Waals surface area contributed by atoms with Crippen LogP contribution in [-0.4, -0.2) is 73.7 Å². The van der Waals surface area contributed by atoms with E-state index < -0.39 is 0 Å². The fourth-order valence-corrected chi connectivity index (χ4v) is 4.87. The standard InChI is InChI=1S/C24H37N3O3/c1-25-13-15-26(16-14-25)11-6-12-27(24(28)21-7-4-2-3-5-8-21)18-20-9-10-22-23(17-20)30-19-29-22/h9-10,17,21H,2-8,11-16,18-19H2,1H3. The fraction of sp³-hybridized carbons (Fsp3) is 0.708. The quantitative estimate of drug-likeness (QED) is 0.639. The molecular weight excluding hydrogens is 378 g/mol. The molecule has 0 unspecified atom stereocenters. The van der Waals surface area contributed by atoms with Gasteiger partial charge < -0.3 is 24.2 Å². The number of hydrogen-bond donors (Lipinski definition) is 0. The van der Waals surface area contributed by atoms with Gasteiger partial charge in [-0.15, -0.1) is 0 Å². The molecule has 0 bridgehead atoms. The van der Waals surface area contributed by atoms with Crippen molar-refractivity contribution in [1.29, 1.82) is 0 Å². The van der Waals surface area contributed by atoms with Crippen molar-refractivity contribution in [1.82, 2.24) is 14.7 Å². The van der Waals surface area contributed by atoms with Crippen LogP contribution in [0.1, 0.15) is 50.5 Å². The maximum absolute atomic E-state index is 13.5. The van der Waals surface area contributed by atoms with Crippen molar-refractivity contribution < 1.29 is 14.3 Å². The fourth-order valence-electron chi connectivity index (χ4n) is 4.87.